The van der Waals surface area contributed by atoms with Crippen LogP contribution in [0.3, 0.4) is 0 Å². The van der Waals surface area contributed by atoms with Gasteiger partial charge in [-0.05, 0) is 25.7 Å². The van der Waals surface area contributed by atoms with Crippen LogP contribution in [0, 0.1) is 5.92 Å². The van der Waals surface area contributed by atoms with Crippen LogP contribution < -0.4 is 5.73 Å². The highest BCUT2D eigenvalue weighted by Gasteiger charge is 2.29. The third-order valence-electron chi connectivity index (χ3n) is 5.46. The van der Waals surface area contributed by atoms with Gasteiger partial charge in [0.25, 0.3) is 5.91 Å². The monoisotopic (exact) mass is 427 g/mol. The molecule has 1 unspecified atom stereocenters. The number of thiazole rings is 1. The summed E-state index contributed by atoms with van der Waals surface area (Å²) < 4.78 is 0. The molecule has 3 aromatic rings. The molecule has 2 N–H and O–H groups in total. The number of nitrogens with two attached hydrogens (primary N) is 1. The summed E-state index contributed by atoms with van der Waals surface area (Å²) in [7, 11) is 0. The van der Waals surface area contributed by atoms with Gasteiger partial charge in [-0.15, -0.1) is 23.7 Å². The topological polar surface area (TPSA) is 59.2 Å². The Morgan fingerprint density at radius 1 is 1.03 bits per heavy atom. The van der Waals surface area contributed by atoms with E-state index < -0.39 is 0 Å². The second-order valence-electron chi connectivity index (χ2n) is 7.42. The molecule has 1 aliphatic rings. The van der Waals surface area contributed by atoms with E-state index in [2.05, 4.69) is 6.92 Å². The molecule has 0 aliphatic carbocycles. The Kier molecular flexibility index (Phi) is 7.06. The largest absolute Gasteiger partial charge is 0.338 e. The number of hydrogen-bond donors (Lipinski definition) is 1. The van der Waals surface area contributed by atoms with Crippen LogP contribution in [0.2, 0.25) is 0 Å². The zero-order valence-corrected chi connectivity index (χ0v) is 18.1. The predicted molar refractivity (Wildman–Crippen MR) is 123 cm³/mol. The smallest absolute Gasteiger partial charge is 0.266 e. The van der Waals surface area contributed by atoms with E-state index in [-0.39, 0.29) is 24.4 Å². The van der Waals surface area contributed by atoms with Crippen LogP contribution in [0.5, 0.6) is 0 Å². The molecule has 1 fully saturated rings. The third-order valence-corrected chi connectivity index (χ3v) is 6.55. The van der Waals surface area contributed by atoms with Gasteiger partial charge in [-0.2, -0.15) is 0 Å². The molecule has 4 nitrogen and oxygen atoms in total. The van der Waals surface area contributed by atoms with Crippen molar-refractivity contribution in [3.63, 3.8) is 0 Å². The Morgan fingerprint density at radius 3 is 2.14 bits per heavy atom. The molecule has 1 aliphatic heterocycles. The summed E-state index contributed by atoms with van der Waals surface area (Å²) in [6.07, 6.45) is 1.93. The lowest BCUT2D eigenvalue weighted by molar-refractivity contribution is 0.0686. The average Bonchev–Trinajstić information content (AvgIpc) is 3.20. The summed E-state index contributed by atoms with van der Waals surface area (Å²) in [6.45, 7) is 3.58. The SMILES string of the molecule is CC(N)C1CCN(C(=O)c2sc(-c3ccccc3)nc2-c2ccccc2)CC1.Cl. The Morgan fingerprint density at radius 2 is 1.59 bits per heavy atom. The van der Waals surface area contributed by atoms with Crippen molar-refractivity contribution in [2.24, 2.45) is 11.7 Å². The molecule has 1 atom stereocenters. The molecule has 1 amide bonds. The molecule has 0 saturated carbocycles. The maximum Gasteiger partial charge on any atom is 0.266 e. The van der Waals surface area contributed by atoms with Gasteiger partial charge in [0, 0.05) is 30.3 Å². The molecule has 2 heterocycles. The van der Waals surface area contributed by atoms with Crippen LogP contribution in [0.1, 0.15) is 29.4 Å². The van der Waals surface area contributed by atoms with Gasteiger partial charge in [0.1, 0.15) is 9.88 Å². The average molecular weight is 428 g/mol. The zero-order valence-electron chi connectivity index (χ0n) is 16.5. The minimum absolute atomic E-state index is 0. The first-order valence-electron chi connectivity index (χ1n) is 9.80. The number of rotatable bonds is 4. The number of amides is 1. The Balaban J connectivity index is 0.00000240. The van der Waals surface area contributed by atoms with Crippen LogP contribution >= 0.6 is 23.7 Å². The molecule has 0 spiro atoms. The highest BCUT2D eigenvalue weighted by molar-refractivity contribution is 7.17. The summed E-state index contributed by atoms with van der Waals surface area (Å²) in [4.78, 5) is 20.9. The van der Waals surface area contributed by atoms with Gasteiger partial charge in [0.15, 0.2) is 0 Å². The molecule has 2 aromatic carbocycles. The second-order valence-corrected chi connectivity index (χ2v) is 8.42. The first kappa shape index (κ1) is 21.5. The van der Waals surface area contributed by atoms with Gasteiger partial charge in [0.2, 0.25) is 0 Å². The zero-order chi connectivity index (χ0) is 19.5. The lowest BCUT2D eigenvalue weighted by Gasteiger charge is -2.33. The molecular formula is C23H26ClN3OS. The van der Waals surface area contributed by atoms with E-state index in [1.165, 1.54) is 11.3 Å². The number of carbonyl (C=O) groups excluding carboxylic acids is 1. The molecule has 152 valence electrons. The summed E-state index contributed by atoms with van der Waals surface area (Å²) >= 11 is 1.49. The third kappa shape index (κ3) is 4.69. The van der Waals surface area contributed by atoms with Gasteiger partial charge in [-0.25, -0.2) is 4.98 Å². The van der Waals surface area contributed by atoms with E-state index in [1.54, 1.807) is 0 Å². The first-order valence-corrected chi connectivity index (χ1v) is 10.6. The van der Waals surface area contributed by atoms with Crippen molar-refractivity contribution in [3.8, 4) is 21.8 Å². The van der Waals surface area contributed by atoms with E-state index in [9.17, 15) is 4.79 Å². The number of hydrogen-bond acceptors (Lipinski definition) is 4. The number of carbonyl (C=O) groups is 1. The first-order chi connectivity index (χ1) is 13.6. The highest BCUT2D eigenvalue weighted by atomic mass is 35.5. The molecule has 6 heteroatoms. The van der Waals surface area contributed by atoms with E-state index in [1.807, 2.05) is 65.6 Å². The lowest BCUT2D eigenvalue weighted by atomic mass is 9.91. The number of likely N-dealkylation sites (tertiary alicyclic amines) is 1. The van der Waals surface area contributed by atoms with Crippen molar-refractivity contribution < 1.29 is 4.79 Å². The van der Waals surface area contributed by atoms with E-state index in [0.717, 1.165) is 52.6 Å². The Bertz CT molecular complexity index is 935. The minimum Gasteiger partial charge on any atom is -0.338 e. The van der Waals surface area contributed by atoms with Gasteiger partial charge >= 0.3 is 0 Å². The van der Waals surface area contributed by atoms with Crippen molar-refractivity contribution in [1.29, 1.82) is 0 Å². The predicted octanol–water partition coefficient (Wildman–Crippen LogP) is 5.10. The number of halogens is 1. The molecule has 0 bridgehead atoms. The summed E-state index contributed by atoms with van der Waals surface area (Å²) in [5, 5.41) is 0.883. The fourth-order valence-electron chi connectivity index (χ4n) is 3.73. The van der Waals surface area contributed by atoms with E-state index in [4.69, 9.17) is 10.7 Å². The van der Waals surface area contributed by atoms with Crippen LogP contribution in [0.25, 0.3) is 21.8 Å². The number of nitrogens with zero attached hydrogens (tertiary/aromatic N) is 2. The van der Waals surface area contributed by atoms with Crippen molar-refractivity contribution >= 4 is 29.7 Å². The maximum absolute atomic E-state index is 13.4. The molecular weight excluding hydrogens is 402 g/mol. The summed E-state index contributed by atoms with van der Waals surface area (Å²) in [5.74, 6) is 0.584. The Hall–Kier alpha value is -2.21. The minimum atomic E-state index is 0. The maximum atomic E-state index is 13.4. The van der Waals surface area contributed by atoms with Crippen LogP contribution in [0.4, 0.5) is 0 Å². The molecule has 29 heavy (non-hydrogen) atoms. The number of aromatic nitrogens is 1. The van der Waals surface area contributed by atoms with Crippen molar-refractivity contribution in [3.05, 3.63) is 65.5 Å². The van der Waals surface area contributed by atoms with E-state index >= 15 is 0 Å². The number of benzene rings is 2. The normalized spacial score (nSPS) is 15.6. The standard InChI is InChI=1S/C23H25N3OS.ClH/c1-16(24)17-12-14-26(15-13-17)23(27)21-20(18-8-4-2-5-9-18)25-22(28-21)19-10-6-3-7-11-19;/h2-11,16-17H,12-15,24H2,1H3;1H. The van der Waals surface area contributed by atoms with Crippen molar-refractivity contribution in [2.75, 3.05) is 13.1 Å². The van der Waals surface area contributed by atoms with Gasteiger partial charge < -0.3 is 10.6 Å². The van der Waals surface area contributed by atoms with E-state index in [0.29, 0.717) is 5.92 Å². The van der Waals surface area contributed by atoms with Crippen LogP contribution in [0.15, 0.2) is 60.7 Å². The quantitative estimate of drug-likeness (QED) is 0.630. The van der Waals surface area contributed by atoms with Crippen molar-refractivity contribution in [2.45, 2.75) is 25.8 Å². The molecule has 1 aromatic heterocycles. The van der Waals surface area contributed by atoms with Crippen LogP contribution in [-0.2, 0) is 0 Å². The fraction of sp³-hybridized carbons (Fsp3) is 0.304. The molecule has 4 rings (SSSR count). The van der Waals surface area contributed by atoms with Crippen molar-refractivity contribution in [1.82, 2.24) is 9.88 Å². The van der Waals surface area contributed by atoms with Gasteiger partial charge in [0.05, 0.1) is 5.69 Å². The second kappa shape index (κ2) is 9.53. The molecule has 1 saturated heterocycles. The van der Waals surface area contributed by atoms with Gasteiger partial charge in [-0.1, -0.05) is 60.7 Å². The van der Waals surface area contributed by atoms with Crippen LogP contribution in [-0.4, -0.2) is 34.9 Å². The van der Waals surface area contributed by atoms with Gasteiger partial charge in [-0.3, -0.25) is 4.79 Å². The Labute approximate surface area is 182 Å². The lowest BCUT2D eigenvalue weighted by Crippen LogP contribution is -2.42. The number of piperidine rings is 1. The summed E-state index contributed by atoms with van der Waals surface area (Å²) in [5.41, 5.74) is 8.86. The molecule has 0 radical (unpaired) electrons. The highest BCUT2D eigenvalue weighted by Crippen LogP contribution is 2.35. The summed E-state index contributed by atoms with van der Waals surface area (Å²) in [6, 6.07) is 20.2. The fourth-order valence-corrected chi connectivity index (χ4v) is 4.79.